The van der Waals surface area contributed by atoms with E-state index in [2.05, 4.69) is 0 Å². The minimum Gasteiger partial charge on any atom is -0.741 e. The molecule has 0 saturated heterocycles. The van der Waals surface area contributed by atoms with Crippen LogP contribution in [0, 0.1) is 0 Å². The van der Waals surface area contributed by atoms with Gasteiger partial charge >= 0.3 is 5.51 Å². The molecule has 0 aromatic heterocycles. The largest absolute Gasteiger partial charge is 0.741 e. The van der Waals surface area contributed by atoms with Crippen molar-refractivity contribution in [3.05, 3.63) is 0 Å². The molecule has 0 fully saturated rings. The SMILES string of the molecule is C[S+](C)F.O=S(=O)([O-])C(F)(F)F. The second-order valence-corrected chi connectivity index (χ2v) is 4.42. The molecule has 0 saturated carbocycles. The zero-order chi connectivity index (χ0) is 10.6. The summed E-state index contributed by atoms with van der Waals surface area (Å²) in [6.45, 7) is 0. The summed E-state index contributed by atoms with van der Waals surface area (Å²) in [7, 11) is -6.09. The van der Waals surface area contributed by atoms with Gasteiger partial charge in [0.2, 0.25) is 0 Å². The topological polar surface area (TPSA) is 57.2 Å². The highest BCUT2D eigenvalue weighted by Crippen LogP contribution is 2.20. The van der Waals surface area contributed by atoms with Gasteiger partial charge in [0.15, 0.2) is 21.4 Å². The molecule has 0 unspecified atom stereocenters. The van der Waals surface area contributed by atoms with Gasteiger partial charge in [0.25, 0.3) is 0 Å². The van der Waals surface area contributed by atoms with Crippen LogP contribution in [0.5, 0.6) is 0 Å². The first-order valence-electron chi connectivity index (χ1n) is 2.24. The third-order valence-electron chi connectivity index (χ3n) is 0.283. The summed E-state index contributed by atoms with van der Waals surface area (Å²) in [5.74, 6) is 0. The molecule has 0 aliphatic heterocycles. The molecular formula is C3H6F4O3S2. The Morgan fingerprint density at radius 3 is 1.33 bits per heavy atom. The predicted octanol–water partition coefficient (Wildman–Crippen LogP) is 0.800. The van der Waals surface area contributed by atoms with Gasteiger partial charge in [-0.1, -0.05) is 0 Å². The fourth-order valence-electron chi connectivity index (χ4n) is 0. The van der Waals surface area contributed by atoms with Crippen LogP contribution in [0.2, 0.25) is 0 Å². The lowest BCUT2D eigenvalue weighted by Crippen LogP contribution is -2.21. The molecule has 0 aromatic rings. The smallest absolute Gasteiger partial charge is 0.485 e. The van der Waals surface area contributed by atoms with Crippen molar-refractivity contribution in [2.45, 2.75) is 5.51 Å². The Labute approximate surface area is 70.2 Å². The molecule has 0 atom stereocenters. The molecule has 9 heteroatoms. The molecule has 0 radical (unpaired) electrons. The van der Waals surface area contributed by atoms with E-state index >= 15 is 0 Å². The maximum Gasteiger partial charge on any atom is 0.485 e. The molecule has 12 heavy (non-hydrogen) atoms. The number of hydrogen-bond donors (Lipinski definition) is 0. The van der Waals surface area contributed by atoms with E-state index in [-0.39, 0.29) is 0 Å². The zero-order valence-electron chi connectivity index (χ0n) is 6.05. The summed E-state index contributed by atoms with van der Waals surface area (Å²) < 4.78 is 69.9. The van der Waals surface area contributed by atoms with E-state index < -0.39 is 26.9 Å². The van der Waals surface area contributed by atoms with Crippen LogP contribution in [-0.2, 0) is 21.4 Å². The molecule has 0 amide bonds. The summed E-state index contributed by atoms with van der Waals surface area (Å²) in [5, 5.41) is 0. The van der Waals surface area contributed by atoms with E-state index in [4.69, 9.17) is 13.0 Å². The van der Waals surface area contributed by atoms with Crippen molar-refractivity contribution in [2.24, 2.45) is 0 Å². The molecule has 0 N–H and O–H groups in total. The van der Waals surface area contributed by atoms with Crippen LogP contribution in [0.1, 0.15) is 0 Å². The van der Waals surface area contributed by atoms with Gasteiger partial charge in [-0.3, -0.25) is 0 Å². The molecule has 0 spiro atoms. The Balaban J connectivity index is 0. The van der Waals surface area contributed by atoms with Crippen LogP contribution >= 0.6 is 0 Å². The lowest BCUT2D eigenvalue weighted by Gasteiger charge is -2.08. The fourth-order valence-corrected chi connectivity index (χ4v) is 0. The molecule has 0 aliphatic carbocycles. The fraction of sp³-hybridized carbons (Fsp3) is 1.00. The normalized spacial score (nSPS) is 12.3. The minimum atomic E-state index is -6.09. The Bertz CT molecular complexity index is 203. The summed E-state index contributed by atoms with van der Waals surface area (Å²) in [6.07, 6.45) is 3.06. The van der Waals surface area contributed by atoms with Gasteiger partial charge in [0, 0.05) is 3.89 Å². The molecule has 0 bridgehead atoms. The van der Waals surface area contributed by atoms with Gasteiger partial charge in [0.05, 0.1) is 0 Å². The monoisotopic (exact) mass is 230 g/mol. The van der Waals surface area contributed by atoms with Crippen LogP contribution in [-0.4, -0.2) is 31.0 Å². The molecule has 0 aliphatic rings. The lowest BCUT2D eigenvalue weighted by atomic mass is 11.6. The molecule has 76 valence electrons. The molecule has 0 rings (SSSR count). The van der Waals surface area contributed by atoms with Crippen LogP contribution in [0.3, 0.4) is 0 Å². The number of alkyl halides is 3. The molecule has 0 aromatic carbocycles. The number of hydrogen-bond acceptors (Lipinski definition) is 3. The quantitative estimate of drug-likeness (QED) is 0.268. The maximum absolute atomic E-state index is 11.0. The summed E-state index contributed by atoms with van der Waals surface area (Å²) in [4.78, 5) is 0. The van der Waals surface area contributed by atoms with Crippen LogP contribution < -0.4 is 0 Å². The van der Waals surface area contributed by atoms with Crippen molar-refractivity contribution in [1.82, 2.24) is 0 Å². The molecule has 3 nitrogen and oxygen atoms in total. The molecule has 0 heterocycles. The van der Waals surface area contributed by atoms with E-state index in [1.165, 1.54) is 12.5 Å². The van der Waals surface area contributed by atoms with Gasteiger partial charge in [-0.25, -0.2) is 8.42 Å². The third-order valence-corrected chi connectivity index (χ3v) is 0.850. The highest BCUT2D eigenvalue weighted by atomic mass is 32.2. The van der Waals surface area contributed by atoms with E-state index in [9.17, 15) is 17.1 Å². The van der Waals surface area contributed by atoms with Gasteiger partial charge in [0.1, 0.15) is 12.5 Å². The molecular weight excluding hydrogens is 224 g/mol. The van der Waals surface area contributed by atoms with Crippen LogP contribution in [0.15, 0.2) is 0 Å². The van der Waals surface area contributed by atoms with E-state index in [1.54, 1.807) is 0 Å². The second-order valence-electron chi connectivity index (χ2n) is 1.62. The summed E-state index contributed by atoms with van der Waals surface area (Å²) >= 11 is -0.861. The lowest BCUT2D eigenvalue weighted by molar-refractivity contribution is -0.0517. The predicted molar refractivity (Wildman–Crippen MR) is 36.1 cm³/mol. The minimum absolute atomic E-state index is 0.861. The van der Waals surface area contributed by atoms with Gasteiger partial charge in [-0.2, -0.15) is 13.2 Å². The van der Waals surface area contributed by atoms with Gasteiger partial charge in [-0.15, -0.1) is 0 Å². The van der Waals surface area contributed by atoms with Crippen molar-refractivity contribution >= 4 is 21.4 Å². The van der Waals surface area contributed by atoms with Crippen molar-refractivity contribution in [3.8, 4) is 0 Å². The summed E-state index contributed by atoms with van der Waals surface area (Å²) in [6, 6.07) is 0. The Kier molecular flexibility index (Phi) is 5.89. The summed E-state index contributed by atoms with van der Waals surface area (Å²) in [5.41, 5.74) is -5.65. The Hall–Kier alpha value is -0.0200. The zero-order valence-corrected chi connectivity index (χ0v) is 7.69. The van der Waals surface area contributed by atoms with E-state index in [0.717, 1.165) is 0 Å². The van der Waals surface area contributed by atoms with Crippen LogP contribution in [0.25, 0.3) is 0 Å². The third kappa shape index (κ3) is 9.98. The Morgan fingerprint density at radius 1 is 1.25 bits per heavy atom. The standard InChI is InChI=1S/C2H6FS.CHF3O3S/c1-4(2)3;2-1(3,4)8(5,6)7/h1-2H3;(H,5,6,7)/q+1;/p-1. The van der Waals surface area contributed by atoms with Crippen LogP contribution in [0.4, 0.5) is 17.1 Å². The van der Waals surface area contributed by atoms with Crippen molar-refractivity contribution in [3.63, 3.8) is 0 Å². The first kappa shape index (κ1) is 14.5. The average molecular weight is 230 g/mol. The van der Waals surface area contributed by atoms with Crippen molar-refractivity contribution in [1.29, 1.82) is 0 Å². The van der Waals surface area contributed by atoms with Crippen molar-refractivity contribution in [2.75, 3.05) is 12.5 Å². The first-order valence-corrected chi connectivity index (χ1v) is 5.59. The van der Waals surface area contributed by atoms with Gasteiger partial charge < -0.3 is 4.55 Å². The van der Waals surface area contributed by atoms with E-state index in [1.807, 2.05) is 0 Å². The second kappa shape index (κ2) is 4.87. The van der Waals surface area contributed by atoms with Crippen molar-refractivity contribution < 1.29 is 30.0 Å². The van der Waals surface area contributed by atoms with E-state index in [0.29, 0.717) is 0 Å². The highest BCUT2D eigenvalue weighted by molar-refractivity contribution is 7.90. The number of halogens is 4. The maximum atomic E-state index is 11.0. The average Bonchev–Trinajstić information content (AvgIpc) is 1.55. The Morgan fingerprint density at radius 2 is 1.33 bits per heavy atom. The highest BCUT2D eigenvalue weighted by Gasteiger charge is 2.36. The first-order chi connectivity index (χ1) is 4.98. The van der Waals surface area contributed by atoms with Gasteiger partial charge in [-0.05, 0) is 0 Å². The number of rotatable bonds is 0.